The van der Waals surface area contributed by atoms with E-state index >= 15 is 0 Å². The standard InChI is InChI=1S/C20H18N4O2S2/c1-3-11-28-20-21-18(26)17-13-8-5-6-9-14(13)23(16(25)4-2)19(24(17)22-20)15-10-7-12-27-15/h3,5-10,12,19H,1,4,11H2,2H3. The Kier molecular flexibility index (Phi) is 5.15. The predicted molar refractivity (Wildman–Crippen MR) is 108 cm³/mol. The summed E-state index contributed by atoms with van der Waals surface area (Å²) in [5, 5.41) is 19.9. The maximum atomic E-state index is 13.0. The fraction of sp³-hybridized carbons (Fsp3) is 0.200. The molecule has 1 unspecified atom stereocenters. The monoisotopic (exact) mass is 410 g/mol. The van der Waals surface area contributed by atoms with Crippen molar-refractivity contribution in [3.63, 3.8) is 0 Å². The summed E-state index contributed by atoms with van der Waals surface area (Å²) in [7, 11) is 0. The van der Waals surface area contributed by atoms with E-state index in [0.29, 0.717) is 34.3 Å². The summed E-state index contributed by atoms with van der Waals surface area (Å²) in [4.78, 5) is 19.8. The van der Waals surface area contributed by atoms with Gasteiger partial charge in [-0.05, 0) is 23.6 Å². The molecular formula is C20H18N4O2S2. The summed E-state index contributed by atoms with van der Waals surface area (Å²) in [6.07, 6.45) is 1.57. The third-order valence-corrected chi connectivity index (χ3v) is 6.16. The average Bonchev–Trinajstić information content (AvgIpc) is 3.24. The van der Waals surface area contributed by atoms with Crippen LogP contribution < -0.4 is 14.7 Å². The van der Waals surface area contributed by atoms with Gasteiger partial charge in [-0.3, -0.25) is 4.79 Å². The molecule has 6 nitrogen and oxygen atoms in total. The zero-order chi connectivity index (χ0) is 19.7. The molecule has 3 aromatic rings. The highest BCUT2D eigenvalue weighted by atomic mass is 32.2. The first-order valence-electron chi connectivity index (χ1n) is 8.85. The molecule has 0 bridgehead atoms. The summed E-state index contributed by atoms with van der Waals surface area (Å²) >= 11 is 2.87. The van der Waals surface area contributed by atoms with E-state index in [2.05, 4.69) is 16.7 Å². The zero-order valence-corrected chi connectivity index (χ0v) is 16.9. The summed E-state index contributed by atoms with van der Waals surface area (Å²) < 4.78 is 1.66. The number of carbonyl (C=O) groups excluding carboxylic acids is 1. The van der Waals surface area contributed by atoms with E-state index in [4.69, 9.17) is 0 Å². The largest absolute Gasteiger partial charge is 0.854 e. The fourth-order valence-electron chi connectivity index (χ4n) is 3.26. The maximum Gasteiger partial charge on any atom is 0.302 e. The van der Waals surface area contributed by atoms with Gasteiger partial charge in [-0.2, -0.15) is 0 Å². The number of thiophene rings is 1. The van der Waals surface area contributed by atoms with Crippen LogP contribution in [-0.4, -0.2) is 21.7 Å². The van der Waals surface area contributed by atoms with Gasteiger partial charge < -0.3 is 5.11 Å². The number of benzene rings is 1. The van der Waals surface area contributed by atoms with Crippen molar-refractivity contribution in [3.8, 4) is 17.1 Å². The minimum Gasteiger partial charge on any atom is -0.854 e. The molecule has 28 heavy (non-hydrogen) atoms. The van der Waals surface area contributed by atoms with Gasteiger partial charge in [0, 0.05) is 17.3 Å². The third-order valence-electron chi connectivity index (χ3n) is 4.42. The second kappa shape index (κ2) is 7.73. The molecule has 8 heteroatoms. The topological polar surface area (TPSA) is 73.0 Å². The first-order chi connectivity index (χ1) is 13.7. The van der Waals surface area contributed by atoms with Gasteiger partial charge in [0.05, 0.1) is 22.0 Å². The molecule has 0 N–H and O–H groups in total. The quantitative estimate of drug-likeness (QED) is 0.367. The van der Waals surface area contributed by atoms with Crippen molar-refractivity contribution in [2.75, 3.05) is 10.7 Å². The van der Waals surface area contributed by atoms with E-state index in [-0.39, 0.29) is 11.8 Å². The molecule has 0 saturated heterocycles. The molecule has 1 aliphatic heterocycles. The van der Waals surface area contributed by atoms with Crippen LogP contribution in [0.25, 0.3) is 11.3 Å². The number of fused-ring (bicyclic) bond motifs is 3. The summed E-state index contributed by atoms with van der Waals surface area (Å²) in [6.45, 7) is 5.54. The number of hydrogen-bond donors (Lipinski definition) is 0. The molecule has 3 heterocycles. The van der Waals surface area contributed by atoms with E-state index in [1.807, 2.05) is 48.7 Å². The Balaban J connectivity index is 2.01. The summed E-state index contributed by atoms with van der Waals surface area (Å²) in [5.74, 6) is 0.214. The van der Waals surface area contributed by atoms with Crippen LogP contribution in [0.4, 0.5) is 5.69 Å². The molecule has 0 aliphatic carbocycles. The van der Waals surface area contributed by atoms with Crippen LogP contribution >= 0.6 is 23.1 Å². The average molecular weight is 411 g/mol. The Morgan fingerprint density at radius 1 is 1.39 bits per heavy atom. The van der Waals surface area contributed by atoms with Crippen molar-refractivity contribution in [1.29, 1.82) is 0 Å². The highest BCUT2D eigenvalue weighted by molar-refractivity contribution is 7.99. The lowest BCUT2D eigenvalue weighted by Crippen LogP contribution is -2.58. The van der Waals surface area contributed by atoms with Crippen molar-refractivity contribution >= 4 is 34.7 Å². The van der Waals surface area contributed by atoms with Crippen LogP contribution in [0.3, 0.4) is 0 Å². The van der Waals surface area contributed by atoms with Crippen LogP contribution in [-0.2, 0) is 4.79 Å². The Bertz CT molecular complexity index is 1040. The van der Waals surface area contributed by atoms with Crippen LogP contribution in [0.15, 0.2) is 59.6 Å². The molecule has 1 atom stereocenters. The number of para-hydroxylation sites is 1. The molecule has 2 aromatic heterocycles. The number of carbonyl (C=O) groups is 1. The van der Waals surface area contributed by atoms with Crippen molar-refractivity contribution in [1.82, 2.24) is 10.1 Å². The minimum atomic E-state index is -0.517. The van der Waals surface area contributed by atoms with E-state index in [0.717, 1.165) is 4.88 Å². The first kappa shape index (κ1) is 18.6. The first-order valence-corrected chi connectivity index (χ1v) is 10.7. The fourth-order valence-corrected chi connectivity index (χ4v) is 4.62. The van der Waals surface area contributed by atoms with Gasteiger partial charge in [-0.1, -0.05) is 47.6 Å². The molecule has 1 aromatic carbocycles. The van der Waals surface area contributed by atoms with Crippen molar-refractivity contribution in [2.24, 2.45) is 0 Å². The van der Waals surface area contributed by atoms with Crippen molar-refractivity contribution < 1.29 is 14.6 Å². The van der Waals surface area contributed by atoms with Gasteiger partial charge in [0.15, 0.2) is 0 Å². The zero-order valence-electron chi connectivity index (χ0n) is 15.2. The number of aromatic nitrogens is 3. The molecule has 0 fully saturated rings. The van der Waals surface area contributed by atoms with Gasteiger partial charge >= 0.3 is 6.17 Å². The Hall–Kier alpha value is -2.71. The molecule has 1 amide bonds. The van der Waals surface area contributed by atoms with Gasteiger partial charge in [0.1, 0.15) is 0 Å². The number of nitrogens with zero attached hydrogens (tertiary/aromatic N) is 4. The summed E-state index contributed by atoms with van der Waals surface area (Å²) in [6, 6.07) is 11.3. The molecule has 4 rings (SSSR count). The lowest BCUT2D eigenvalue weighted by atomic mass is 10.0. The molecule has 0 spiro atoms. The SMILES string of the molecule is C=CCSc1nc([O-])c2[n+](n1)C(c1cccs1)N(C(=O)CC)c1ccccc1-2. The Labute approximate surface area is 171 Å². The van der Waals surface area contributed by atoms with Crippen LogP contribution in [0.2, 0.25) is 0 Å². The Morgan fingerprint density at radius 2 is 2.21 bits per heavy atom. The highest BCUT2D eigenvalue weighted by Crippen LogP contribution is 2.41. The maximum absolute atomic E-state index is 13.0. The van der Waals surface area contributed by atoms with E-state index < -0.39 is 6.17 Å². The van der Waals surface area contributed by atoms with Crippen LogP contribution in [0, 0.1) is 0 Å². The van der Waals surface area contributed by atoms with E-state index in [1.54, 1.807) is 15.7 Å². The molecule has 142 valence electrons. The van der Waals surface area contributed by atoms with E-state index in [1.165, 1.54) is 23.1 Å². The van der Waals surface area contributed by atoms with Gasteiger partial charge in [-0.25, -0.2) is 9.88 Å². The molecule has 1 aliphatic rings. The lowest BCUT2D eigenvalue weighted by Gasteiger charge is -2.32. The number of anilines is 1. The normalized spacial score (nSPS) is 15.0. The Morgan fingerprint density at radius 3 is 2.93 bits per heavy atom. The summed E-state index contributed by atoms with van der Waals surface area (Å²) in [5.41, 5.74) is 1.78. The highest BCUT2D eigenvalue weighted by Gasteiger charge is 2.44. The number of thioether (sulfide) groups is 1. The van der Waals surface area contributed by atoms with Gasteiger partial charge in [-0.15, -0.1) is 17.9 Å². The van der Waals surface area contributed by atoms with Crippen LogP contribution in [0.1, 0.15) is 24.4 Å². The number of rotatable bonds is 5. The van der Waals surface area contributed by atoms with Crippen molar-refractivity contribution in [3.05, 3.63) is 59.3 Å². The number of hydrogen-bond acceptors (Lipinski definition) is 6. The molecule has 0 radical (unpaired) electrons. The minimum absolute atomic E-state index is 0.0321. The van der Waals surface area contributed by atoms with Crippen molar-refractivity contribution in [2.45, 2.75) is 24.7 Å². The second-order valence-corrected chi connectivity index (χ2v) is 8.08. The van der Waals surface area contributed by atoms with E-state index in [9.17, 15) is 9.90 Å². The van der Waals surface area contributed by atoms with Crippen LogP contribution in [0.5, 0.6) is 5.88 Å². The smallest absolute Gasteiger partial charge is 0.302 e. The van der Waals surface area contributed by atoms with Gasteiger partial charge in [0.2, 0.25) is 5.91 Å². The molecule has 0 saturated carbocycles. The third kappa shape index (κ3) is 3.08. The predicted octanol–water partition coefficient (Wildman–Crippen LogP) is 3.15. The number of amides is 1. The second-order valence-electron chi connectivity index (χ2n) is 6.12. The molecular weight excluding hydrogens is 392 g/mol. The van der Waals surface area contributed by atoms with Gasteiger partial charge in [0.25, 0.3) is 10.9 Å². The lowest BCUT2D eigenvalue weighted by molar-refractivity contribution is -0.763.